The van der Waals surface area contributed by atoms with E-state index in [0.29, 0.717) is 19.5 Å². The van der Waals surface area contributed by atoms with Crippen molar-refractivity contribution >= 4 is 23.2 Å². The summed E-state index contributed by atoms with van der Waals surface area (Å²) in [4.78, 5) is 26.6. The Hall–Kier alpha value is -2.14. The van der Waals surface area contributed by atoms with Crippen molar-refractivity contribution in [2.75, 3.05) is 13.7 Å². The van der Waals surface area contributed by atoms with E-state index >= 15 is 0 Å². The van der Waals surface area contributed by atoms with Crippen LogP contribution in [0.5, 0.6) is 0 Å². The topological polar surface area (TPSA) is 46.6 Å². The highest BCUT2D eigenvalue weighted by Crippen LogP contribution is 2.13. The van der Waals surface area contributed by atoms with Gasteiger partial charge >= 0.3 is 5.97 Å². The number of carbonyl (C=O) groups is 2. The van der Waals surface area contributed by atoms with E-state index in [1.54, 1.807) is 16.2 Å². The van der Waals surface area contributed by atoms with Crippen LogP contribution in [-0.2, 0) is 27.3 Å². The zero-order chi connectivity index (χ0) is 15.8. The van der Waals surface area contributed by atoms with Crippen molar-refractivity contribution in [1.82, 2.24) is 4.90 Å². The summed E-state index contributed by atoms with van der Waals surface area (Å²) >= 11 is 1.56. The second kappa shape index (κ2) is 8.34. The molecular formula is C17H19NO3S. The highest BCUT2D eigenvalue weighted by molar-refractivity contribution is 7.10. The number of thiophene rings is 1. The van der Waals surface area contributed by atoms with E-state index in [4.69, 9.17) is 0 Å². The SMILES string of the molecule is COC(=O)CCN(Cc1ccccc1)C(=O)Cc1cccs1. The largest absolute Gasteiger partial charge is 0.469 e. The Bertz CT molecular complexity index is 596. The lowest BCUT2D eigenvalue weighted by Crippen LogP contribution is -2.33. The monoisotopic (exact) mass is 317 g/mol. The van der Waals surface area contributed by atoms with Crippen molar-refractivity contribution < 1.29 is 14.3 Å². The molecular weight excluding hydrogens is 298 g/mol. The third kappa shape index (κ3) is 5.00. The van der Waals surface area contributed by atoms with Crippen molar-refractivity contribution in [3.63, 3.8) is 0 Å². The van der Waals surface area contributed by atoms with Gasteiger partial charge in [0.2, 0.25) is 5.91 Å². The van der Waals surface area contributed by atoms with E-state index in [1.807, 2.05) is 47.8 Å². The summed E-state index contributed by atoms with van der Waals surface area (Å²) in [5, 5.41) is 1.96. The average Bonchev–Trinajstić information content (AvgIpc) is 3.04. The summed E-state index contributed by atoms with van der Waals surface area (Å²) in [7, 11) is 1.36. The summed E-state index contributed by atoms with van der Waals surface area (Å²) in [6.45, 7) is 0.869. The van der Waals surface area contributed by atoms with Gasteiger partial charge in [-0.1, -0.05) is 36.4 Å². The third-order valence-corrected chi connectivity index (χ3v) is 4.16. The lowest BCUT2D eigenvalue weighted by atomic mass is 10.2. The van der Waals surface area contributed by atoms with Crippen molar-refractivity contribution in [3.8, 4) is 0 Å². The van der Waals surface area contributed by atoms with Crippen LogP contribution in [0.25, 0.3) is 0 Å². The van der Waals surface area contributed by atoms with Gasteiger partial charge in [0.05, 0.1) is 20.0 Å². The van der Waals surface area contributed by atoms with E-state index in [-0.39, 0.29) is 18.3 Å². The van der Waals surface area contributed by atoms with Crippen molar-refractivity contribution in [1.29, 1.82) is 0 Å². The molecule has 1 aromatic carbocycles. The molecule has 0 aliphatic carbocycles. The maximum absolute atomic E-state index is 12.5. The molecule has 0 radical (unpaired) electrons. The number of methoxy groups -OCH3 is 1. The van der Waals surface area contributed by atoms with Crippen LogP contribution in [0, 0.1) is 0 Å². The van der Waals surface area contributed by atoms with Gasteiger partial charge in [0.1, 0.15) is 0 Å². The molecule has 5 heteroatoms. The summed E-state index contributed by atoms with van der Waals surface area (Å²) in [6, 6.07) is 13.7. The summed E-state index contributed by atoms with van der Waals surface area (Å²) in [5.41, 5.74) is 1.05. The molecule has 22 heavy (non-hydrogen) atoms. The molecule has 0 N–H and O–H groups in total. The molecule has 116 valence electrons. The zero-order valence-electron chi connectivity index (χ0n) is 12.5. The van der Waals surface area contributed by atoms with Gasteiger partial charge in [-0.25, -0.2) is 0 Å². The van der Waals surface area contributed by atoms with E-state index in [2.05, 4.69) is 4.74 Å². The van der Waals surface area contributed by atoms with E-state index < -0.39 is 0 Å². The smallest absolute Gasteiger partial charge is 0.307 e. The Balaban J connectivity index is 2.02. The molecule has 4 nitrogen and oxygen atoms in total. The second-order valence-electron chi connectivity index (χ2n) is 4.88. The third-order valence-electron chi connectivity index (χ3n) is 3.29. The first-order valence-electron chi connectivity index (χ1n) is 7.10. The van der Waals surface area contributed by atoms with E-state index in [9.17, 15) is 9.59 Å². The van der Waals surface area contributed by atoms with Gasteiger partial charge in [-0.3, -0.25) is 9.59 Å². The van der Waals surface area contributed by atoms with Crippen LogP contribution < -0.4 is 0 Å². The van der Waals surface area contributed by atoms with E-state index in [1.165, 1.54) is 7.11 Å². The van der Waals surface area contributed by atoms with Crippen LogP contribution in [0.2, 0.25) is 0 Å². The number of hydrogen-bond donors (Lipinski definition) is 0. The van der Waals surface area contributed by atoms with Gasteiger partial charge in [0.15, 0.2) is 0 Å². The van der Waals surface area contributed by atoms with Crippen molar-refractivity contribution in [3.05, 3.63) is 58.3 Å². The lowest BCUT2D eigenvalue weighted by Gasteiger charge is -2.22. The summed E-state index contributed by atoms with van der Waals surface area (Å²) in [6.07, 6.45) is 0.575. The number of nitrogens with zero attached hydrogens (tertiary/aromatic N) is 1. The Morgan fingerprint density at radius 3 is 2.55 bits per heavy atom. The first-order valence-corrected chi connectivity index (χ1v) is 7.98. The molecule has 0 aliphatic rings. The predicted molar refractivity (Wildman–Crippen MR) is 86.5 cm³/mol. The predicted octanol–water partition coefficient (Wildman–Crippen LogP) is 2.88. The Morgan fingerprint density at radius 2 is 1.91 bits per heavy atom. The highest BCUT2D eigenvalue weighted by Gasteiger charge is 2.16. The first-order chi connectivity index (χ1) is 10.7. The molecule has 1 aromatic heterocycles. The maximum atomic E-state index is 12.5. The second-order valence-corrected chi connectivity index (χ2v) is 5.92. The lowest BCUT2D eigenvalue weighted by molar-refractivity contribution is -0.141. The van der Waals surface area contributed by atoms with Gasteiger partial charge in [0, 0.05) is 18.0 Å². The van der Waals surface area contributed by atoms with Gasteiger partial charge in [-0.05, 0) is 17.0 Å². The summed E-state index contributed by atoms with van der Waals surface area (Å²) < 4.78 is 4.66. The Kier molecular flexibility index (Phi) is 6.15. The van der Waals surface area contributed by atoms with Crippen molar-refractivity contribution in [2.45, 2.75) is 19.4 Å². The minimum atomic E-state index is -0.304. The molecule has 0 unspecified atom stereocenters. The number of amides is 1. The fraction of sp³-hybridized carbons (Fsp3) is 0.294. The molecule has 0 spiro atoms. The minimum absolute atomic E-state index is 0.0233. The van der Waals surface area contributed by atoms with Gasteiger partial charge < -0.3 is 9.64 Å². The van der Waals surface area contributed by atoms with Crippen LogP contribution in [0.1, 0.15) is 16.9 Å². The normalized spacial score (nSPS) is 10.2. The molecule has 0 fully saturated rings. The number of carbonyl (C=O) groups excluding carboxylic acids is 2. The molecule has 0 saturated heterocycles. The van der Waals surface area contributed by atoms with Crippen LogP contribution in [0.3, 0.4) is 0 Å². The molecule has 1 amide bonds. The number of ether oxygens (including phenoxy) is 1. The molecule has 2 aromatic rings. The van der Waals surface area contributed by atoms with Gasteiger partial charge in [0.25, 0.3) is 0 Å². The van der Waals surface area contributed by atoms with Crippen molar-refractivity contribution in [2.24, 2.45) is 0 Å². The molecule has 0 aliphatic heterocycles. The van der Waals surface area contributed by atoms with Crippen LogP contribution >= 0.6 is 11.3 Å². The quantitative estimate of drug-likeness (QED) is 0.738. The van der Waals surface area contributed by atoms with Crippen LogP contribution in [-0.4, -0.2) is 30.4 Å². The molecule has 0 atom stereocenters. The fourth-order valence-electron chi connectivity index (χ4n) is 2.10. The van der Waals surface area contributed by atoms with E-state index in [0.717, 1.165) is 10.4 Å². The van der Waals surface area contributed by atoms with Crippen LogP contribution in [0.15, 0.2) is 47.8 Å². The molecule has 2 rings (SSSR count). The zero-order valence-corrected chi connectivity index (χ0v) is 13.3. The first kappa shape index (κ1) is 16.2. The average molecular weight is 317 g/mol. The number of rotatable bonds is 7. The fourth-order valence-corrected chi connectivity index (χ4v) is 2.79. The standard InChI is InChI=1S/C17H19NO3S/c1-21-17(20)9-10-18(13-14-6-3-2-4-7-14)16(19)12-15-8-5-11-22-15/h2-8,11H,9-10,12-13H2,1H3. The number of esters is 1. The summed E-state index contributed by atoms with van der Waals surface area (Å²) in [5.74, 6) is -0.280. The maximum Gasteiger partial charge on any atom is 0.307 e. The van der Waals surface area contributed by atoms with Crippen LogP contribution in [0.4, 0.5) is 0 Å². The van der Waals surface area contributed by atoms with Gasteiger partial charge in [-0.2, -0.15) is 0 Å². The Morgan fingerprint density at radius 1 is 1.14 bits per heavy atom. The molecule has 0 bridgehead atoms. The molecule has 0 saturated carbocycles. The van der Waals surface area contributed by atoms with Gasteiger partial charge in [-0.15, -0.1) is 11.3 Å². The highest BCUT2D eigenvalue weighted by atomic mass is 32.1. The Labute approximate surface area is 134 Å². The minimum Gasteiger partial charge on any atom is -0.469 e. The number of hydrogen-bond acceptors (Lipinski definition) is 4. The number of benzene rings is 1. The molecule has 1 heterocycles.